The van der Waals surface area contributed by atoms with Crippen molar-refractivity contribution in [2.24, 2.45) is 0 Å². The fourth-order valence-corrected chi connectivity index (χ4v) is 1.23. The third-order valence-corrected chi connectivity index (χ3v) is 1.92. The minimum Gasteiger partial charge on any atom is -0.468 e. The zero-order valence-electron chi connectivity index (χ0n) is 8.53. The second-order valence-electron chi connectivity index (χ2n) is 3.03. The molecule has 0 spiro atoms. The highest BCUT2D eigenvalue weighted by molar-refractivity contribution is 6.59. The topological polar surface area (TPSA) is 58.9 Å². The van der Waals surface area contributed by atoms with Gasteiger partial charge in [-0.1, -0.05) is 6.07 Å². The molecule has 82 valence electrons. The van der Waals surface area contributed by atoms with Gasteiger partial charge >= 0.3 is 7.12 Å². The number of methoxy groups -OCH3 is 1. The number of aryl methyl sites for hydroxylation is 1. The number of ether oxygens (including phenoxy) is 2. The standard InChI is InChI=1S/C9H12BFO4/c1-6-3-4-7(11)8(10(12)13)9(6)15-5-14-2/h3-4,12-13H,5H2,1-2H3. The van der Waals surface area contributed by atoms with E-state index in [4.69, 9.17) is 14.8 Å². The number of hydrogen-bond donors (Lipinski definition) is 2. The number of benzene rings is 1. The highest BCUT2D eigenvalue weighted by Gasteiger charge is 2.23. The molecule has 0 unspecified atom stereocenters. The van der Waals surface area contributed by atoms with Crippen molar-refractivity contribution in [3.8, 4) is 5.75 Å². The second kappa shape index (κ2) is 5.11. The van der Waals surface area contributed by atoms with Crippen molar-refractivity contribution in [3.05, 3.63) is 23.5 Å². The van der Waals surface area contributed by atoms with Gasteiger partial charge in [-0.15, -0.1) is 0 Å². The van der Waals surface area contributed by atoms with Crippen LogP contribution in [0.1, 0.15) is 5.56 Å². The van der Waals surface area contributed by atoms with E-state index in [-0.39, 0.29) is 18.0 Å². The van der Waals surface area contributed by atoms with Gasteiger partial charge in [0.25, 0.3) is 0 Å². The minimum atomic E-state index is -1.91. The van der Waals surface area contributed by atoms with Crippen molar-refractivity contribution in [2.45, 2.75) is 6.92 Å². The molecule has 0 radical (unpaired) electrons. The van der Waals surface area contributed by atoms with Gasteiger partial charge in [-0.05, 0) is 18.6 Å². The maximum atomic E-state index is 13.3. The summed E-state index contributed by atoms with van der Waals surface area (Å²) in [6.45, 7) is 1.60. The maximum Gasteiger partial charge on any atom is 0.495 e. The van der Waals surface area contributed by atoms with Crippen LogP contribution in [0, 0.1) is 12.7 Å². The van der Waals surface area contributed by atoms with Gasteiger partial charge in [-0.3, -0.25) is 0 Å². The summed E-state index contributed by atoms with van der Waals surface area (Å²) in [5.41, 5.74) is 0.337. The summed E-state index contributed by atoms with van der Waals surface area (Å²) < 4.78 is 23.0. The van der Waals surface area contributed by atoms with Crippen molar-refractivity contribution in [1.82, 2.24) is 0 Å². The monoisotopic (exact) mass is 214 g/mol. The summed E-state index contributed by atoms with van der Waals surface area (Å²) in [5.74, 6) is -0.617. The zero-order valence-corrected chi connectivity index (χ0v) is 8.53. The van der Waals surface area contributed by atoms with Crippen LogP contribution in [0.25, 0.3) is 0 Å². The van der Waals surface area contributed by atoms with E-state index in [0.717, 1.165) is 6.07 Å². The van der Waals surface area contributed by atoms with Gasteiger partial charge in [0.1, 0.15) is 11.6 Å². The first-order valence-electron chi connectivity index (χ1n) is 4.34. The van der Waals surface area contributed by atoms with Crippen LogP contribution in [-0.4, -0.2) is 31.1 Å². The van der Waals surface area contributed by atoms with Gasteiger partial charge in [0.15, 0.2) is 6.79 Å². The van der Waals surface area contributed by atoms with E-state index in [2.05, 4.69) is 4.74 Å². The van der Waals surface area contributed by atoms with Gasteiger partial charge in [0.2, 0.25) is 0 Å². The Labute approximate surface area is 87.4 Å². The van der Waals surface area contributed by atoms with E-state index in [9.17, 15) is 4.39 Å². The van der Waals surface area contributed by atoms with Crippen LogP contribution in [0.5, 0.6) is 5.75 Å². The summed E-state index contributed by atoms with van der Waals surface area (Å²) in [6, 6.07) is 2.65. The molecule has 1 aromatic rings. The van der Waals surface area contributed by atoms with Crippen molar-refractivity contribution in [3.63, 3.8) is 0 Å². The van der Waals surface area contributed by atoms with E-state index in [0.29, 0.717) is 5.56 Å². The second-order valence-corrected chi connectivity index (χ2v) is 3.03. The molecule has 0 atom stereocenters. The van der Waals surface area contributed by atoms with Crippen LogP contribution in [0.15, 0.2) is 12.1 Å². The van der Waals surface area contributed by atoms with Crippen LogP contribution in [0.2, 0.25) is 0 Å². The lowest BCUT2D eigenvalue weighted by molar-refractivity contribution is 0.0510. The molecule has 0 aliphatic rings. The van der Waals surface area contributed by atoms with Crippen LogP contribution in [-0.2, 0) is 4.74 Å². The van der Waals surface area contributed by atoms with Gasteiger partial charge in [-0.2, -0.15) is 0 Å². The smallest absolute Gasteiger partial charge is 0.468 e. The Bertz CT molecular complexity index is 343. The van der Waals surface area contributed by atoms with Gasteiger partial charge in [0, 0.05) is 7.11 Å². The quantitative estimate of drug-likeness (QED) is 0.538. The molecule has 0 aliphatic carbocycles. The molecule has 15 heavy (non-hydrogen) atoms. The normalized spacial score (nSPS) is 10.2. The molecule has 1 rings (SSSR count). The average Bonchev–Trinajstić information content (AvgIpc) is 2.18. The summed E-state index contributed by atoms with van der Waals surface area (Å²) in [5, 5.41) is 18.0. The molecular formula is C9H12BFO4. The van der Waals surface area contributed by atoms with Gasteiger partial charge in [0.05, 0.1) is 5.46 Å². The SMILES string of the molecule is COCOc1c(C)ccc(F)c1B(O)O. The Morgan fingerprint density at radius 2 is 2.07 bits per heavy atom. The highest BCUT2D eigenvalue weighted by atomic mass is 19.1. The molecule has 0 bridgehead atoms. The van der Waals surface area contributed by atoms with E-state index in [1.165, 1.54) is 13.2 Å². The zero-order chi connectivity index (χ0) is 11.4. The molecule has 0 heterocycles. The number of halogens is 1. The molecule has 1 aromatic carbocycles. The first-order valence-corrected chi connectivity index (χ1v) is 4.34. The third kappa shape index (κ3) is 2.68. The molecular weight excluding hydrogens is 202 g/mol. The highest BCUT2D eigenvalue weighted by Crippen LogP contribution is 2.17. The fourth-order valence-electron chi connectivity index (χ4n) is 1.23. The number of rotatable bonds is 4. The van der Waals surface area contributed by atoms with Gasteiger partial charge < -0.3 is 19.5 Å². The first kappa shape index (κ1) is 12.0. The van der Waals surface area contributed by atoms with Crippen molar-refractivity contribution in [1.29, 1.82) is 0 Å². The molecule has 0 aromatic heterocycles. The predicted molar refractivity (Wildman–Crippen MR) is 53.5 cm³/mol. The fraction of sp³-hybridized carbons (Fsp3) is 0.333. The Balaban J connectivity index is 3.13. The average molecular weight is 214 g/mol. The van der Waals surface area contributed by atoms with Crippen LogP contribution in [0.3, 0.4) is 0 Å². The van der Waals surface area contributed by atoms with E-state index in [1.807, 2.05) is 0 Å². The maximum absolute atomic E-state index is 13.3. The van der Waals surface area contributed by atoms with Crippen LogP contribution < -0.4 is 10.2 Å². The predicted octanol–water partition coefficient (Wildman–Crippen LogP) is -0.203. The first-order chi connectivity index (χ1) is 7.07. The molecule has 6 heteroatoms. The molecule has 0 aliphatic heterocycles. The lowest BCUT2D eigenvalue weighted by atomic mass is 9.78. The lowest BCUT2D eigenvalue weighted by Crippen LogP contribution is -2.35. The van der Waals surface area contributed by atoms with Crippen molar-refractivity contribution in [2.75, 3.05) is 13.9 Å². The Morgan fingerprint density at radius 1 is 1.40 bits per heavy atom. The van der Waals surface area contributed by atoms with E-state index < -0.39 is 12.9 Å². The molecule has 0 amide bonds. The van der Waals surface area contributed by atoms with Crippen LogP contribution in [0.4, 0.5) is 4.39 Å². The molecule has 4 nitrogen and oxygen atoms in total. The Hall–Kier alpha value is -1.11. The molecule has 0 saturated heterocycles. The van der Waals surface area contributed by atoms with Gasteiger partial charge in [-0.25, -0.2) is 4.39 Å². The Morgan fingerprint density at radius 3 is 2.60 bits per heavy atom. The lowest BCUT2D eigenvalue weighted by Gasteiger charge is -2.13. The molecule has 0 fully saturated rings. The van der Waals surface area contributed by atoms with E-state index in [1.54, 1.807) is 6.92 Å². The largest absolute Gasteiger partial charge is 0.495 e. The molecule has 0 saturated carbocycles. The third-order valence-electron chi connectivity index (χ3n) is 1.92. The minimum absolute atomic E-state index is 0.0794. The van der Waals surface area contributed by atoms with Crippen molar-refractivity contribution >= 4 is 12.6 Å². The van der Waals surface area contributed by atoms with Crippen molar-refractivity contribution < 1.29 is 23.9 Å². The van der Waals surface area contributed by atoms with E-state index >= 15 is 0 Å². The summed E-state index contributed by atoms with van der Waals surface area (Å²) in [7, 11) is -0.485. The molecule has 2 N–H and O–H groups in total. The number of hydrogen-bond acceptors (Lipinski definition) is 4. The van der Waals surface area contributed by atoms with Crippen LogP contribution >= 0.6 is 0 Å². The summed E-state index contributed by atoms with van der Waals surface area (Å²) in [6.07, 6.45) is 0. The summed E-state index contributed by atoms with van der Waals surface area (Å²) >= 11 is 0. The Kier molecular flexibility index (Phi) is 4.08. The summed E-state index contributed by atoms with van der Waals surface area (Å²) in [4.78, 5) is 0.